The number of nitrogens with zero attached hydrogens (tertiary/aromatic N) is 2. The van der Waals surface area contributed by atoms with E-state index in [2.05, 4.69) is 62.1 Å². The molecule has 1 heterocycles. The molecule has 0 bridgehead atoms. The molecular weight excluding hydrogens is 339 g/mol. The summed E-state index contributed by atoms with van der Waals surface area (Å²) in [6.07, 6.45) is 4.27. The van der Waals surface area contributed by atoms with E-state index < -0.39 is 0 Å². The van der Waals surface area contributed by atoms with Crippen LogP contribution in [-0.2, 0) is 13.0 Å². The number of rotatable bonds is 5. The minimum atomic E-state index is 0.691. The maximum absolute atomic E-state index is 5.52. The molecule has 0 fully saturated rings. The number of hydrogen-bond donors (Lipinski definition) is 2. The van der Waals surface area contributed by atoms with Gasteiger partial charge in [0.2, 0.25) is 0 Å². The molecular formula is C13H15IN4. The fraction of sp³-hybridized carbons (Fsp3) is 0.231. The van der Waals surface area contributed by atoms with Gasteiger partial charge in [0.1, 0.15) is 12.1 Å². The molecule has 2 aromatic rings. The van der Waals surface area contributed by atoms with Gasteiger partial charge in [0.05, 0.1) is 3.57 Å². The van der Waals surface area contributed by atoms with Crippen molar-refractivity contribution in [1.29, 1.82) is 0 Å². The molecule has 0 amide bonds. The lowest BCUT2D eigenvalue weighted by Gasteiger charge is -2.07. The van der Waals surface area contributed by atoms with E-state index in [4.69, 9.17) is 5.73 Å². The number of halogens is 1. The van der Waals surface area contributed by atoms with Gasteiger partial charge >= 0.3 is 0 Å². The number of hydrogen-bond acceptors (Lipinski definition) is 4. The van der Waals surface area contributed by atoms with Crippen LogP contribution in [0.15, 0.2) is 36.8 Å². The van der Waals surface area contributed by atoms with E-state index in [0.717, 1.165) is 22.4 Å². The predicted octanol–water partition coefficient (Wildman–Crippen LogP) is 2.19. The predicted molar refractivity (Wildman–Crippen MR) is 81.3 cm³/mol. The second-order valence-electron chi connectivity index (χ2n) is 3.93. The van der Waals surface area contributed by atoms with Crippen LogP contribution in [0.5, 0.6) is 0 Å². The average Bonchev–Trinajstić information content (AvgIpc) is 2.40. The summed E-state index contributed by atoms with van der Waals surface area (Å²) in [5.41, 5.74) is 8.03. The van der Waals surface area contributed by atoms with Crippen LogP contribution in [0.4, 0.5) is 5.82 Å². The second kappa shape index (κ2) is 6.65. The summed E-state index contributed by atoms with van der Waals surface area (Å²) < 4.78 is 1.02. The standard InChI is InChI=1S/C13H15IN4/c14-12-8-16-9-18-13(12)17-7-11-3-1-10(2-4-11)5-6-15/h1-4,8-9H,5-7,15H2,(H,16,17,18). The highest BCUT2D eigenvalue weighted by molar-refractivity contribution is 14.1. The Labute approximate surface area is 120 Å². The van der Waals surface area contributed by atoms with Crippen molar-refractivity contribution < 1.29 is 0 Å². The SMILES string of the molecule is NCCc1ccc(CNc2ncncc2I)cc1. The number of anilines is 1. The fourth-order valence-electron chi connectivity index (χ4n) is 1.62. The van der Waals surface area contributed by atoms with Crippen molar-refractivity contribution in [2.75, 3.05) is 11.9 Å². The largest absolute Gasteiger partial charge is 0.365 e. The van der Waals surface area contributed by atoms with Gasteiger partial charge in [-0.1, -0.05) is 24.3 Å². The lowest BCUT2D eigenvalue weighted by Crippen LogP contribution is -2.05. The van der Waals surface area contributed by atoms with E-state index in [1.165, 1.54) is 11.1 Å². The van der Waals surface area contributed by atoms with Gasteiger partial charge in [-0.25, -0.2) is 9.97 Å². The Hall–Kier alpha value is -1.21. The molecule has 0 aliphatic rings. The van der Waals surface area contributed by atoms with Crippen molar-refractivity contribution in [2.45, 2.75) is 13.0 Å². The molecule has 0 atom stereocenters. The Bertz CT molecular complexity index is 499. The monoisotopic (exact) mass is 354 g/mol. The van der Waals surface area contributed by atoms with E-state index in [-0.39, 0.29) is 0 Å². The zero-order valence-electron chi connectivity index (χ0n) is 9.94. The summed E-state index contributed by atoms with van der Waals surface area (Å²) in [6, 6.07) is 8.47. The van der Waals surface area contributed by atoms with Gasteiger partial charge in [-0.2, -0.15) is 0 Å². The van der Waals surface area contributed by atoms with Crippen molar-refractivity contribution >= 4 is 28.4 Å². The summed E-state index contributed by atoms with van der Waals surface area (Å²) in [5, 5.41) is 3.30. The first kappa shape index (κ1) is 13.2. The van der Waals surface area contributed by atoms with E-state index >= 15 is 0 Å². The maximum Gasteiger partial charge on any atom is 0.143 e. The first-order chi connectivity index (χ1) is 8.79. The summed E-state index contributed by atoms with van der Waals surface area (Å²) >= 11 is 2.22. The van der Waals surface area contributed by atoms with Gasteiger partial charge in [0.15, 0.2) is 0 Å². The maximum atomic E-state index is 5.52. The molecule has 1 aromatic carbocycles. The first-order valence-electron chi connectivity index (χ1n) is 5.77. The molecule has 5 heteroatoms. The van der Waals surface area contributed by atoms with Gasteiger partial charge in [-0.3, -0.25) is 0 Å². The number of benzene rings is 1. The van der Waals surface area contributed by atoms with Crippen LogP contribution < -0.4 is 11.1 Å². The van der Waals surface area contributed by atoms with Crippen LogP contribution in [0.25, 0.3) is 0 Å². The van der Waals surface area contributed by atoms with Gasteiger partial charge in [-0.15, -0.1) is 0 Å². The fourth-order valence-corrected chi connectivity index (χ4v) is 2.11. The molecule has 2 rings (SSSR count). The van der Waals surface area contributed by atoms with Crippen molar-refractivity contribution in [3.8, 4) is 0 Å². The number of nitrogens with one attached hydrogen (secondary N) is 1. The highest BCUT2D eigenvalue weighted by atomic mass is 127. The molecule has 0 unspecified atom stereocenters. The first-order valence-corrected chi connectivity index (χ1v) is 6.84. The molecule has 18 heavy (non-hydrogen) atoms. The Morgan fingerprint density at radius 2 is 1.89 bits per heavy atom. The molecule has 0 radical (unpaired) electrons. The Morgan fingerprint density at radius 1 is 1.17 bits per heavy atom. The minimum absolute atomic E-state index is 0.691. The second-order valence-corrected chi connectivity index (χ2v) is 5.09. The lowest BCUT2D eigenvalue weighted by atomic mass is 10.1. The number of nitrogens with two attached hydrogens (primary N) is 1. The van der Waals surface area contributed by atoms with Crippen molar-refractivity contribution in [3.05, 3.63) is 51.5 Å². The topological polar surface area (TPSA) is 63.8 Å². The minimum Gasteiger partial charge on any atom is -0.365 e. The van der Waals surface area contributed by atoms with Crippen molar-refractivity contribution in [1.82, 2.24) is 9.97 Å². The van der Waals surface area contributed by atoms with E-state index in [1.54, 1.807) is 12.5 Å². The summed E-state index contributed by atoms with van der Waals surface area (Å²) in [4.78, 5) is 8.16. The third kappa shape index (κ3) is 3.64. The molecule has 1 aromatic heterocycles. The van der Waals surface area contributed by atoms with Crippen molar-refractivity contribution in [3.63, 3.8) is 0 Å². The average molecular weight is 354 g/mol. The molecule has 4 nitrogen and oxygen atoms in total. The molecule has 0 aliphatic carbocycles. The van der Waals surface area contributed by atoms with Gasteiger partial charge in [0, 0.05) is 12.7 Å². The van der Waals surface area contributed by atoms with Crippen LogP contribution >= 0.6 is 22.6 Å². The van der Waals surface area contributed by atoms with E-state index in [1.807, 2.05) is 0 Å². The van der Waals surface area contributed by atoms with E-state index in [0.29, 0.717) is 6.54 Å². The van der Waals surface area contributed by atoms with Crippen LogP contribution in [0.1, 0.15) is 11.1 Å². The van der Waals surface area contributed by atoms with Crippen LogP contribution in [-0.4, -0.2) is 16.5 Å². The Kier molecular flexibility index (Phi) is 4.89. The Morgan fingerprint density at radius 3 is 2.56 bits per heavy atom. The summed E-state index contributed by atoms with van der Waals surface area (Å²) in [7, 11) is 0. The molecule has 0 spiro atoms. The zero-order valence-corrected chi connectivity index (χ0v) is 12.1. The summed E-state index contributed by atoms with van der Waals surface area (Å²) in [5.74, 6) is 0.872. The molecule has 3 N–H and O–H groups in total. The highest BCUT2D eigenvalue weighted by Crippen LogP contribution is 2.14. The van der Waals surface area contributed by atoms with Crippen LogP contribution in [0, 0.1) is 3.57 Å². The van der Waals surface area contributed by atoms with E-state index in [9.17, 15) is 0 Å². The zero-order chi connectivity index (χ0) is 12.8. The molecule has 0 saturated carbocycles. The molecule has 0 aliphatic heterocycles. The van der Waals surface area contributed by atoms with Gasteiger partial charge < -0.3 is 11.1 Å². The third-order valence-electron chi connectivity index (χ3n) is 2.58. The smallest absolute Gasteiger partial charge is 0.143 e. The molecule has 0 saturated heterocycles. The normalized spacial score (nSPS) is 10.3. The quantitative estimate of drug-likeness (QED) is 0.808. The lowest BCUT2D eigenvalue weighted by molar-refractivity contribution is 0.965. The third-order valence-corrected chi connectivity index (χ3v) is 3.37. The summed E-state index contributed by atoms with van der Waals surface area (Å²) in [6.45, 7) is 1.45. The van der Waals surface area contributed by atoms with Gasteiger partial charge in [-0.05, 0) is 46.7 Å². The number of aromatic nitrogens is 2. The van der Waals surface area contributed by atoms with Crippen LogP contribution in [0.2, 0.25) is 0 Å². The van der Waals surface area contributed by atoms with Crippen molar-refractivity contribution in [2.24, 2.45) is 5.73 Å². The molecule has 94 valence electrons. The Balaban J connectivity index is 1.96. The highest BCUT2D eigenvalue weighted by Gasteiger charge is 2.00. The van der Waals surface area contributed by atoms with Crippen LogP contribution in [0.3, 0.4) is 0 Å². The van der Waals surface area contributed by atoms with Gasteiger partial charge in [0.25, 0.3) is 0 Å².